The van der Waals surface area contributed by atoms with Gasteiger partial charge in [0, 0.05) is 16.9 Å². The summed E-state index contributed by atoms with van der Waals surface area (Å²) in [6.45, 7) is 0. The van der Waals surface area contributed by atoms with Crippen molar-refractivity contribution in [3.8, 4) is 0 Å². The molecule has 0 aliphatic heterocycles. The van der Waals surface area contributed by atoms with Crippen molar-refractivity contribution in [3.63, 3.8) is 0 Å². The number of hydrogen-bond acceptors (Lipinski definition) is 7. The zero-order valence-electron chi connectivity index (χ0n) is 13.3. The van der Waals surface area contributed by atoms with Crippen molar-refractivity contribution < 1.29 is 28.7 Å². The van der Waals surface area contributed by atoms with E-state index in [1.54, 1.807) is 12.1 Å². The summed E-state index contributed by atoms with van der Waals surface area (Å²) in [6, 6.07) is 10.1. The number of thiophene rings is 1. The minimum atomic E-state index is -1.03. The van der Waals surface area contributed by atoms with Gasteiger partial charge in [0.05, 0.1) is 7.11 Å². The van der Waals surface area contributed by atoms with Gasteiger partial charge in [0.25, 0.3) is 5.91 Å². The molecule has 0 aliphatic carbocycles. The molecule has 9 heteroatoms. The monoisotopic (exact) mass is 364 g/mol. The van der Waals surface area contributed by atoms with Crippen molar-refractivity contribution in [1.82, 2.24) is 5.48 Å². The van der Waals surface area contributed by atoms with Crippen molar-refractivity contribution in [2.24, 2.45) is 5.73 Å². The first kappa shape index (κ1) is 18.3. The zero-order chi connectivity index (χ0) is 18.2. The summed E-state index contributed by atoms with van der Waals surface area (Å²) in [5.74, 6) is -0.623. The number of nitrogens with two attached hydrogens (primary N) is 1. The van der Waals surface area contributed by atoms with E-state index in [2.05, 4.69) is 9.57 Å². The van der Waals surface area contributed by atoms with Gasteiger partial charge in [-0.15, -0.1) is 11.3 Å². The number of hydrogen-bond donors (Lipinski definition) is 2. The molecule has 1 unspecified atom stereocenters. The lowest BCUT2D eigenvalue weighted by atomic mass is 10.0. The predicted octanol–water partition coefficient (Wildman–Crippen LogP) is 2.56. The summed E-state index contributed by atoms with van der Waals surface area (Å²) in [7, 11) is 1.12. The predicted molar refractivity (Wildman–Crippen MR) is 88.8 cm³/mol. The first-order valence-electron chi connectivity index (χ1n) is 7.13. The number of ether oxygens (including phenoxy) is 2. The Hall–Kier alpha value is -3.07. The fraction of sp³-hybridized carbons (Fsp3) is 0.188. The molecule has 0 fully saturated rings. The molecule has 1 aromatic heterocycles. The molecule has 0 aliphatic rings. The van der Waals surface area contributed by atoms with Crippen molar-refractivity contribution in [2.75, 3.05) is 7.11 Å². The molecule has 2 rings (SSSR count). The van der Waals surface area contributed by atoms with Gasteiger partial charge >= 0.3 is 12.2 Å². The average molecular weight is 364 g/mol. The van der Waals surface area contributed by atoms with Crippen LogP contribution in [-0.2, 0) is 20.7 Å². The highest BCUT2D eigenvalue weighted by Gasteiger charge is 2.18. The van der Waals surface area contributed by atoms with Crippen LogP contribution in [0.1, 0.15) is 26.9 Å². The van der Waals surface area contributed by atoms with Gasteiger partial charge in [-0.25, -0.2) is 9.59 Å². The van der Waals surface area contributed by atoms with Crippen LogP contribution >= 0.6 is 11.3 Å². The fourth-order valence-electron chi connectivity index (χ4n) is 2.02. The lowest BCUT2D eigenvalue weighted by Gasteiger charge is -2.16. The van der Waals surface area contributed by atoms with Gasteiger partial charge in [-0.05, 0) is 29.1 Å². The van der Waals surface area contributed by atoms with Gasteiger partial charge in [-0.3, -0.25) is 4.79 Å². The van der Waals surface area contributed by atoms with E-state index in [0.29, 0.717) is 12.0 Å². The van der Waals surface area contributed by atoms with Gasteiger partial charge in [0.15, 0.2) is 0 Å². The summed E-state index contributed by atoms with van der Waals surface area (Å²) in [5, 5.41) is 1.92. The number of carbonyl (C=O) groups is 3. The van der Waals surface area contributed by atoms with Crippen LogP contribution in [0.2, 0.25) is 0 Å². The SMILES string of the molecule is COC(=O)ONC(=O)c1ccc(C(Cc2cccs2)OC(N)=O)cc1. The molecule has 1 atom stereocenters. The maximum atomic E-state index is 11.8. The van der Waals surface area contributed by atoms with Crippen LogP contribution in [0, 0.1) is 0 Å². The smallest absolute Gasteiger partial charge is 0.441 e. The standard InChI is InChI=1S/C16H16N2O6S/c1-22-16(21)24-18-14(19)11-6-4-10(5-7-11)13(23-15(17)20)9-12-3-2-8-25-12/h2-8,13H,9H2,1H3,(H2,17,20)(H,18,19). The van der Waals surface area contributed by atoms with Gasteiger partial charge in [0.1, 0.15) is 6.10 Å². The number of amides is 2. The van der Waals surface area contributed by atoms with Crippen LogP contribution in [0.25, 0.3) is 0 Å². The molecule has 0 spiro atoms. The maximum absolute atomic E-state index is 11.8. The molecule has 0 bridgehead atoms. The van der Waals surface area contributed by atoms with Crippen molar-refractivity contribution in [2.45, 2.75) is 12.5 Å². The molecule has 3 N–H and O–H groups in total. The van der Waals surface area contributed by atoms with Gasteiger partial charge < -0.3 is 20.0 Å². The summed E-state index contributed by atoms with van der Waals surface area (Å²) >= 11 is 1.54. The molecule has 1 heterocycles. The molecule has 0 saturated carbocycles. The van der Waals surface area contributed by atoms with E-state index in [0.717, 1.165) is 12.0 Å². The Morgan fingerprint density at radius 2 is 1.92 bits per heavy atom. The number of benzene rings is 1. The van der Waals surface area contributed by atoms with E-state index in [-0.39, 0.29) is 5.56 Å². The molecular weight excluding hydrogens is 348 g/mol. The minimum Gasteiger partial charge on any atom is -0.441 e. The molecule has 1 aromatic carbocycles. The van der Waals surface area contributed by atoms with E-state index in [1.807, 2.05) is 23.0 Å². The summed E-state index contributed by atoms with van der Waals surface area (Å²) < 4.78 is 9.40. The highest BCUT2D eigenvalue weighted by molar-refractivity contribution is 7.09. The Morgan fingerprint density at radius 1 is 1.20 bits per heavy atom. The Kier molecular flexibility index (Phi) is 6.35. The normalized spacial score (nSPS) is 11.2. The number of methoxy groups -OCH3 is 1. The Balaban J connectivity index is 2.07. The number of rotatable bonds is 5. The van der Waals surface area contributed by atoms with Crippen molar-refractivity contribution >= 4 is 29.5 Å². The third-order valence-electron chi connectivity index (χ3n) is 3.16. The number of hydroxylamine groups is 1. The second-order valence-corrected chi connectivity index (χ2v) is 5.85. The Labute approximate surface area is 147 Å². The first-order valence-corrected chi connectivity index (χ1v) is 8.01. The highest BCUT2D eigenvalue weighted by atomic mass is 32.1. The molecule has 0 radical (unpaired) electrons. The van der Waals surface area contributed by atoms with E-state index >= 15 is 0 Å². The third-order valence-corrected chi connectivity index (χ3v) is 4.06. The second kappa shape index (κ2) is 8.69. The largest absolute Gasteiger partial charge is 0.533 e. The summed E-state index contributed by atoms with van der Waals surface area (Å²) in [6.07, 6.45) is -2.01. The van der Waals surface area contributed by atoms with E-state index in [4.69, 9.17) is 10.5 Å². The van der Waals surface area contributed by atoms with Crippen molar-refractivity contribution in [1.29, 1.82) is 0 Å². The molecule has 132 valence electrons. The maximum Gasteiger partial charge on any atom is 0.533 e. The molecule has 2 aromatic rings. The molecular formula is C16H16N2O6S. The second-order valence-electron chi connectivity index (χ2n) is 4.82. The first-order chi connectivity index (χ1) is 12.0. The quantitative estimate of drug-likeness (QED) is 0.622. The van der Waals surface area contributed by atoms with Crippen LogP contribution in [0.3, 0.4) is 0 Å². The van der Waals surface area contributed by atoms with Crippen LogP contribution in [0.5, 0.6) is 0 Å². The third kappa shape index (κ3) is 5.50. The summed E-state index contributed by atoms with van der Waals surface area (Å²) in [5.41, 5.74) is 8.02. The molecule has 0 saturated heterocycles. The fourth-order valence-corrected chi connectivity index (χ4v) is 2.75. The Morgan fingerprint density at radius 3 is 2.48 bits per heavy atom. The lowest BCUT2D eigenvalue weighted by Crippen LogP contribution is -2.27. The topological polar surface area (TPSA) is 117 Å². The van der Waals surface area contributed by atoms with Gasteiger partial charge in [-0.1, -0.05) is 18.2 Å². The lowest BCUT2D eigenvalue weighted by molar-refractivity contribution is 0.0255. The van der Waals surface area contributed by atoms with Gasteiger partial charge in [0.2, 0.25) is 0 Å². The van der Waals surface area contributed by atoms with E-state index in [9.17, 15) is 14.4 Å². The van der Waals surface area contributed by atoms with E-state index < -0.39 is 24.3 Å². The van der Waals surface area contributed by atoms with Crippen LogP contribution in [0.15, 0.2) is 41.8 Å². The molecule has 25 heavy (non-hydrogen) atoms. The number of primary amides is 1. The molecule has 8 nitrogen and oxygen atoms in total. The number of nitrogens with one attached hydrogen (secondary N) is 1. The minimum absolute atomic E-state index is 0.251. The van der Waals surface area contributed by atoms with Crippen LogP contribution in [0.4, 0.5) is 9.59 Å². The average Bonchev–Trinajstić information content (AvgIpc) is 3.11. The zero-order valence-corrected chi connectivity index (χ0v) is 14.1. The molecule has 2 amide bonds. The van der Waals surface area contributed by atoms with Crippen molar-refractivity contribution in [3.05, 3.63) is 57.8 Å². The number of carbonyl (C=O) groups excluding carboxylic acids is 3. The van der Waals surface area contributed by atoms with Gasteiger partial charge in [-0.2, -0.15) is 5.48 Å². The van der Waals surface area contributed by atoms with Crippen LogP contribution < -0.4 is 11.2 Å². The Bertz CT molecular complexity index is 730. The highest BCUT2D eigenvalue weighted by Crippen LogP contribution is 2.25. The summed E-state index contributed by atoms with van der Waals surface area (Å²) in [4.78, 5) is 39.2. The van der Waals surface area contributed by atoms with Crippen LogP contribution in [-0.4, -0.2) is 25.3 Å². The van der Waals surface area contributed by atoms with E-state index in [1.165, 1.54) is 23.5 Å².